The summed E-state index contributed by atoms with van der Waals surface area (Å²) in [7, 11) is 0. The van der Waals surface area contributed by atoms with Crippen molar-refractivity contribution >= 4 is 34.7 Å². The van der Waals surface area contributed by atoms with Crippen LogP contribution in [0, 0.1) is 5.92 Å². The van der Waals surface area contributed by atoms with Crippen LogP contribution in [0.15, 0.2) is 54.6 Å². The Hall–Kier alpha value is -3.81. The number of carbonyl (C=O) groups excluding carboxylic acids is 4. The van der Waals surface area contributed by atoms with E-state index in [2.05, 4.69) is 21.1 Å². The fourth-order valence-electron chi connectivity index (χ4n) is 3.78. The van der Waals surface area contributed by atoms with E-state index in [0.717, 1.165) is 17.5 Å². The second kappa shape index (κ2) is 15.4. The summed E-state index contributed by atoms with van der Waals surface area (Å²) < 4.78 is 84.1. The van der Waals surface area contributed by atoms with Crippen LogP contribution in [0.3, 0.4) is 0 Å². The Morgan fingerprint density at radius 2 is 1.38 bits per heavy atom. The number of amides is 1. The molecule has 15 heteroatoms. The van der Waals surface area contributed by atoms with E-state index in [9.17, 15) is 45.5 Å². The number of esters is 2. The van der Waals surface area contributed by atoms with Crippen LogP contribution in [0.2, 0.25) is 0 Å². The van der Waals surface area contributed by atoms with Gasteiger partial charge in [0.05, 0.1) is 6.04 Å². The fourth-order valence-corrected chi connectivity index (χ4v) is 3.84. The van der Waals surface area contributed by atoms with Gasteiger partial charge < -0.3 is 19.1 Å². The van der Waals surface area contributed by atoms with Crippen LogP contribution in [-0.2, 0) is 35.3 Å². The molecule has 8 nitrogen and oxygen atoms in total. The average Bonchev–Trinajstić information content (AvgIpc) is 2.93. The lowest BCUT2D eigenvalue weighted by Gasteiger charge is -2.38. The summed E-state index contributed by atoms with van der Waals surface area (Å²) in [5.74, 6) is -3.46. The van der Waals surface area contributed by atoms with Crippen molar-refractivity contribution in [3.8, 4) is 5.75 Å². The van der Waals surface area contributed by atoms with Crippen molar-refractivity contribution in [3.63, 3.8) is 0 Å². The molecule has 0 spiro atoms. The van der Waals surface area contributed by atoms with Crippen LogP contribution >= 0.6 is 11.6 Å². The zero-order valence-electron chi connectivity index (χ0n) is 22.0. The number of ether oxygens (including phenoxy) is 3. The van der Waals surface area contributed by atoms with Crippen LogP contribution < -0.4 is 4.74 Å². The van der Waals surface area contributed by atoms with E-state index in [1.807, 2.05) is 49.4 Å². The average molecular weight is 626 g/mol. The fraction of sp³-hybridized carbons (Fsp3) is 0.407. The van der Waals surface area contributed by atoms with Crippen molar-refractivity contribution in [3.05, 3.63) is 65.7 Å². The maximum atomic E-state index is 12.5. The van der Waals surface area contributed by atoms with Crippen molar-refractivity contribution in [2.75, 3.05) is 19.8 Å². The van der Waals surface area contributed by atoms with E-state index in [1.165, 1.54) is 4.90 Å². The molecule has 2 aromatic carbocycles. The first-order valence-corrected chi connectivity index (χ1v) is 12.7. The van der Waals surface area contributed by atoms with Crippen molar-refractivity contribution < 1.29 is 59.7 Å². The van der Waals surface area contributed by atoms with Crippen LogP contribution in [0.1, 0.15) is 36.9 Å². The van der Waals surface area contributed by atoms with E-state index in [-0.39, 0.29) is 12.5 Å². The highest BCUT2D eigenvalue weighted by Crippen LogP contribution is 2.34. The van der Waals surface area contributed by atoms with Gasteiger partial charge in [-0.05, 0) is 53.6 Å². The predicted octanol–water partition coefficient (Wildman–Crippen LogP) is 5.53. The number of hydrogen-bond acceptors (Lipinski definition) is 7. The molecule has 0 saturated carbocycles. The highest BCUT2D eigenvalue weighted by Gasteiger charge is 2.37. The van der Waals surface area contributed by atoms with Gasteiger partial charge in [-0.2, -0.15) is 26.3 Å². The number of benzene rings is 2. The summed E-state index contributed by atoms with van der Waals surface area (Å²) in [4.78, 5) is 45.5. The van der Waals surface area contributed by atoms with Gasteiger partial charge in [0.15, 0.2) is 13.2 Å². The third-order valence-electron chi connectivity index (χ3n) is 5.66. The van der Waals surface area contributed by atoms with Crippen molar-refractivity contribution in [1.82, 2.24) is 4.90 Å². The first-order valence-electron chi connectivity index (χ1n) is 12.3. The molecule has 230 valence electrons. The topological polar surface area (TPSA) is 99.2 Å². The third kappa shape index (κ3) is 12.4. The second-order valence-electron chi connectivity index (χ2n) is 9.16. The number of likely N-dealkylation sites (tertiary alicyclic amines) is 1. The molecule has 1 aliphatic rings. The number of carbonyl (C=O) groups is 4. The van der Waals surface area contributed by atoms with E-state index in [0.29, 0.717) is 18.8 Å². The van der Waals surface area contributed by atoms with Crippen LogP contribution in [0.25, 0.3) is 0 Å². The minimum atomic E-state index is -4.68. The molecule has 0 aromatic heterocycles. The molecule has 0 N–H and O–H groups in total. The Labute approximate surface area is 241 Å². The molecule has 2 atom stereocenters. The zero-order valence-corrected chi connectivity index (χ0v) is 22.8. The number of rotatable bonds is 7. The standard InChI is InChI=1S/C23H24F3NO4.C4H2ClF3O3/c1-16-7-12-20(27(13-16)21(28)22(29)31-15-23(24,25)26)18-8-10-19(11-9-18)30-14-17-5-3-2-4-6-17;5-2(9)3(10)11-1-4(6,7)8/h2-6,8-11,16,20H,7,12-15H2,1H3;1H2/t16-,20+;/m0./s1. The number of alkyl halides is 6. The minimum Gasteiger partial charge on any atom is -0.489 e. The lowest BCUT2D eigenvalue weighted by atomic mass is 9.90. The van der Waals surface area contributed by atoms with Gasteiger partial charge in [0.2, 0.25) is 0 Å². The zero-order chi connectivity index (χ0) is 31.5. The molecule has 0 unspecified atom stereocenters. The van der Waals surface area contributed by atoms with Gasteiger partial charge >= 0.3 is 35.4 Å². The smallest absolute Gasteiger partial charge is 0.422 e. The first kappa shape index (κ1) is 34.4. The number of hydrogen-bond donors (Lipinski definition) is 0. The Balaban J connectivity index is 0.000000476. The monoisotopic (exact) mass is 625 g/mol. The molecule has 42 heavy (non-hydrogen) atoms. The summed E-state index contributed by atoms with van der Waals surface area (Å²) in [5, 5.41) is -1.57. The summed E-state index contributed by atoms with van der Waals surface area (Å²) in [5.41, 5.74) is 1.82. The molecule has 0 aliphatic carbocycles. The summed E-state index contributed by atoms with van der Waals surface area (Å²) in [6.07, 6.45) is -7.88. The summed E-state index contributed by atoms with van der Waals surface area (Å²) >= 11 is 4.48. The molecule has 3 rings (SSSR count). The quantitative estimate of drug-likeness (QED) is 0.173. The summed E-state index contributed by atoms with van der Waals surface area (Å²) in [6.45, 7) is -0.963. The largest absolute Gasteiger partial charge is 0.489 e. The Morgan fingerprint density at radius 1 is 0.833 bits per heavy atom. The molecule has 1 aliphatic heterocycles. The maximum absolute atomic E-state index is 12.5. The van der Waals surface area contributed by atoms with Crippen LogP contribution in [0.5, 0.6) is 5.75 Å². The number of nitrogens with zero attached hydrogens (tertiary/aromatic N) is 1. The van der Waals surface area contributed by atoms with E-state index >= 15 is 0 Å². The van der Waals surface area contributed by atoms with Crippen LogP contribution in [0.4, 0.5) is 26.3 Å². The van der Waals surface area contributed by atoms with E-state index in [4.69, 9.17) is 4.74 Å². The molecular weight excluding hydrogens is 600 g/mol. The Morgan fingerprint density at radius 3 is 1.90 bits per heavy atom. The van der Waals surface area contributed by atoms with Crippen molar-refractivity contribution in [1.29, 1.82) is 0 Å². The molecule has 1 heterocycles. The van der Waals surface area contributed by atoms with Crippen molar-refractivity contribution in [2.24, 2.45) is 5.92 Å². The maximum Gasteiger partial charge on any atom is 0.422 e. The molecule has 2 aromatic rings. The van der Waals surface area contributed by atoms with Gasteiger partial charge in [-0.15, -0.1) is 0 Å². The lowest BCUT2D eigenvalue weighted by molar-refractivity contribution is -0.190. The van der Waals surface area contributed by atoms with Gasteiger partial charge in [-0.3, -0.25) is 9.59 Å². The SMILES string of the molecule is C[C@H]1CC[C@H](c2ccc(OCc3ccccc3)cc2)N(C(=O)C(=O)OCC(F)(F)F)C1.O=C(Cl)C(=O)OCC(F)(F)F. The highest BCUT2D eigenvalue weighted by atomic mass is 35.5. The van der Waals surface area contributed by atoms with Gasteiger partial charge in [-0.25, -0.2) is 9.59 Å². The molecule has 0 bridgehead atoms. The Bertz CT molecular complexity index is 1210. The lowest BCUT2D eigenvalue weighted by Crippen LogP contribution is -2.45. The van der Waals surface area contributed by atoms with Crippen LogP contribution in [-0.4, -0.2) is 60.1 Å². The normalized spacial score (nSPS) is 16.9. The number of piperidine rings is 1. The second-order valence-corrected chi connectivity index (χ2v) is 9.50. The summed E-state index contributed by atoms with van der Waals surface area (Å²) in [6, 6.07) is 16.5. The molecule has 1 amide bonds. The van der Waals surface area contributed by atoms with Gasteiger partial charge in [0, 0.05) is 6.54 Å². The predicted molar refractivity (Wildman–Crippen MR) is 135 cm³/mol. The van der Waals surface area contributed by atoms with Gasteiger partial charge in [0.1, 0.15) is 12.4 Å². The van der Waals surface area contributed by atoms with Crippen molar-refractivity contribution in [2.45, 2.75) is 44.8 Å². The third-order valence-corrected chi connectivity index (χ3v) is 5.81. The first-order chi connectivity index (χ1) is 19.6. The minimum absolute atomic E-state index is 0.129. The Kier molecular flexibility index (Phi) is 12.6. The number of halogens is 7. The molecular formula is C27H26ClF6NO7. The molecule has 1 saturated heterocycles. The molecule has 0 radical (unpaired) electrons. The van der Waals surface area contributed by atoms with E-state index in [1.54, 1.807) is 12.1 Å². The highest BCUT2D eigenvalue weighted by molar-refractivity contribution is 6.80. The van der Waals surface area contributed by atoms with E-state index < -0.39 is 54.7 Å². The molecule has 1 fully saturated rings. The van der Waals surface area contributed by atoms with Gasteiger partial charge in [-0.1, -0.05) is 49.4 Å². The van der Waals surface area contributed by atoms with Gasteiger partial charge in [0.25, 0.3) is 0 Å².